The summed E-state index contributed by atoms with van der Waals surface area (Å²) in [4.78, 5) is 0. The summed E-state index contributed by atoms with van der Waals surface area (Å²) >= 11 is 0. The minimum absolute atomic E-state index is 0.873. The van der Waals surface area contributed by atoms with Crippen molar-refractivity contribution < 1.29 is 70.7 Å². The molecule has 0 aromatic carbocycles. The number of nitrogens with zero attached hydrogens (tertiary/aromatic N) is 2. The number of hydrogen-bond acceptors (Lipinski definition) is 8. The summed E-state index contributed by atoms with van der Waals surface area (Å²) in [7, 11) is -4.14. The van der Waals surface area contributed by atoms with Gasteiger partial charge in [-0.2, -0.15) is 26.3 Å². The van der Waals surface area contributed by atoms with Crippen LogP contribution in [-0.4, -0.2) is 127 Å². The maximum absolute atomic E-state index is 10.7. The topological polar surface area (TPSA) is 133 Å². The molecule has 0 spiro atoms. The first kappa shape index (κ1) is 42.3. The first-order valence-corrected chi connectivity index (χ1v) is 13.4. The van der Waals surface area contributed by atoms with Crippen LogP contribution < -0.4 is 0 Å². The average Bonchev–Trinajstić information content (AvgIpc) is 2.74. The SMILES string of the molecule is CC[N+](C)(CC)CCOC.CC[N+](C)(CC)CCOC.O=S(=O)([O-])C(F)(F)F.O=S(=O)([O-])C(F)(F)F. The summed E-state index contributed by atoms with van der Waals surface area (Å²) in [5.41, 5.74) is -11.3. The van der Waals surface area contributed by atoms with Crippen LogP contribution in [0.3, 0.4) is 0 Å². The second-order valence-corrected chi connectivity index (χ2v) is 10.5. The van der Waals surface area contributed by atoms with Crippen molar-refractivity contribution >= 4 is 20.2 Å². The number of methoxy groups -OCH3 is 2. The Labute approximate surface area is 210 Å². The van der Waals surface area contributed by atoms with Gasteiger partial charge < -0.3 is 27.5 Å². The second-order valence-electron chi connectivity index (χ2n) is 7.74. The number of likely N-dealkylation sites (N-methyl/N-ethyl adjacent to an activating group) is 2. The monoisotopic (exact) mass is 590 g/mol. The second kappa shape index (κ2) is 18.5. The molecule has 0 atom stereocenters. The van der Waals surface area contributed by atoms with Gasteiger partial charge in [-0.05, 0) is 27.7 Å². The van der Waals surface area contributed by atoms with Crippen molar-refractivity contribution in [3.63, 3.8) is 0 Å². The van der Waals surface area contributed by atoms with Gasteiger partial charge in [0.25, 0.3) is 0 Å². The molecule has 0 radical (unpaired) electrons. The number of ether oxygens (including phenoxy) is 2. The molecule has 0 heterocycles. The number of alkyl halides is 6. The predicted molar refractivity (Wildman–Crippen MR) is 120 cm³/mol. The molecule has 0 fully saturated rings. The van der Waals surface area contributed by atoms with E-state index in [1.165, 1.54) is 26.2 Å². The number of hydrogen-bond donors (Lipinski definition) is 0. The lowest BCUT2D eigenvalue weighted by Crippen LogP contribution is -2.45. The number of quaternary nitrogens is 2. The average molecular weight is 591 g/mol. The third-order valence-electron chi connectivity index (χ3n) is 5.29. The lowest BCUT2D eigenvalue weighted by molar-refractivity contribution is -0.906. The van der Waals surface area contributed by atoms with Gasteiger partial charge in [0.05, 0.1) is 53.5 Å². The molecule has 0 aromatic rings. The van der Waals surface area contributed by atoms with Gasteiger partial charge in [-0.1, -0.05) is 0 Å². The third kappa shape index (κ3) is 22.4. The highest BCUT2D eigenvalue weighted by molar-refractivity contribution is 7.86. The van der Waals surface area contributed by atoms with Crippen LogP contribution in [0.2, 0.25) is 0 Å². The smallest absolute Gasteiger partial charge is 0.485 e. The normalized spacial score (nSPS) is 12.9. The Balaban J connectivity index is -0.000000191. The Bertz CT molecular complexity index is 689. The van der Waals surface area contributed by atoms with Crippen LogP contribution in [0.15, 0.2) is 0 Å². The van der Waals surface area contributed by atoms with Gasteiger partial charge in [0, 0.05) is 14.2 Å². The Morgan fingerprint density at radius 1 is 0.611 bits per heavy atom. The van der Waals surface area contributed by atoms with Crippen LogP contribution in [0.25, 0.3) is 0 Å². The molecule has 10 nitrogen and oxygen atoms in total. The molecular formula is C18H40F6N2O8S2. The van der Waals surface area contributed by atoms with Crippen molar-refractivity contribution in [1.82, 2.24) is 0 Å². The highest BCUT2D eigenvalue weighted by Crippen LogP contribution is 2.21. The van der Waals surface area contributed by atoms with Crippen LogP contribution >= 0.6 is 0 Å². The third-order valence-corrected chi connectivity index (χ3v) is 6.43. The zero-order valence-electron chi connectivity index (χ0n) is 21.9. The van der Waals surface area contributed by atoms with Crippen molar-refractivity contribution in [2.45, 2.75) is 38.7 Å². The number of rotatable bonds is 10. The van der Waals surface area contributed by atoms with Crippen LogP contribution in [0, 0.1) is 0 Å². The summed E-state index contributed by atoms with van der Waals surface area (Å²) in [6.07, 6.45) is 0. The molecule has 36 heavy (non-hydrogen) atoms. The van der Waals surface area contributed by atoms with E-state index in [1.807, 2.05) is 0 Å². The Morgan fingerprint density at radius 2 is 0.778 bits per heavy atom. The Morgan fingerprint density at radius 3 is 0.861 bits per heavy atom. The standard InChI is InChI=1S/2C8H20NO.2CHF3O3S/c2*1-5-9(3,6-2)7-8-10-4;2*2-1(3,4)8(5,6)7/h2*5-8H2,1-4H3;2*(H,5,6,7)/q2*+1;;/p-2. The molecule has 0 unspecified atom stereocenters. The van der Waals surface area contributed by atoms with Gasteiger partial charge in [-0.25, -0.2) is 16.8 Å². The highest BCUT2D eigenvalue weighted by atomic mass is 32.2. The van der Waals surface area contributed by atoms with Crippen molar-refractivity contribution in [2.24, 2.45) is 0 Å². The molecule has 0 aromatic heterocycles. The minimum atomic E-state index is -6.09. The molecule has 0 amide bonds. The fraction of sp³-hybridized carbons (Fsp3) is 1.00. The molecule has 0 aliphatic carbocycles. The van der Waals surface area contributed by atoms with E-state index in [2.05, 4.69) is 41.8 Å². The van der Waals surface area contributed by atoms with Gasteiger partial charge in [0.1, 0.15) is 13.1 Å². The van der Waals surface area contributed by atoms with E-state index >= 15 is 0 Å². The van der Waals surface area contributed by atoms with Crippen LogP contribution in [0.4, 0.5) is 26.3 Å². The molecule has 0 N–H and O–H groups in total. The van der Waals surface area contributed by atoms with E-state index in [-0.39, 0.29) is 0 Å². The summed E-state index contributed by atoms with van der Waals surface area (Å²) in [6.45, 7) is 17.7. The maximum atomic E-state index is 10.7. The largest absolute Gasteiger partial charge is 0.741 e. The van der Waals surface area contributed by atoms with Crippen molar-refractivity contribution in [1.29, 1.82) is 0 Å². The van der Waals surface area contributed by atoms with E-state index in [4.69, 9.17) is 35.4 Å². The van der Waals surface area contributed by atoms with E-state index in [1.54, 1.807) is 14.2 Å². The van der Waals surface area contributed by atoms with Gasteiger partial charge in [0.15, 0.2) is 20.2 Å². The summed E-state index contributed by atoms with van der Waals surface area (Å²) in [6, 6.07) is 0. The molecular weight excluding hydrogens is 550 g/mol. The van der Waals surface area contributed by atoms with E-state index in [0.717, 1.165) is 35.3 Å². The molecule has 224 valence electrons. The van der Waals surface area contributed by atoms with Gasteiger partial charge in [-0.15, -0.1) is 0 Å². The van der Waals surface area contributed by atoms with Crippen molar-refractivity contribution in [2.75, 3.05) is 80.8 Å². The number of halogens is 6. The predicted octanol–water partition coefficient (Wildman–Crippen LogP) is 2.34. The summed E-state index contributed by atoms with van der Waals surface area (Å²) < 4.78 is 130. The van der Waals surface area contributed by atoms with E-state index in [0.29, 0.717) is 0 Å². The van der Waals surface area contributed by atoms with E-state index < -0.39 is 31.3 Å². The van der Waals surface area contributed by atoms with Crippen LogP contribution in [-0.2, 0) is 29.7 Å². The Kier molecular flexibility index (Phi) is 21.7. The van der Waals surface area contributed by atoms with Gasteiger partial charge in [0.2, 0.25) is 0 Å². The summed E-state index contributed by atoms with van der Waals surface area (Å²) in [5, 5.41) is 0. The fourth-order valence-electron chi connectivity index (χ4n) is 1.70. The molecule has 18 heteroatoms. The summed E-state index contributed by atoms with van der Waals surface area (Å²) in [5.74, 6) is 0. The van der Waals surface area contributed by atoms with Crippen molar-refractivity contribution in [3.8, 4) is 0 Å². The molecule has 0 aliphatic heterocycles. The lowest BCUT2D eigenvalue weighted by atomic mass is 10.4. The van der Waals surface area contributed by atoms with Gasteiger partial charge >= 0.3 is 11.0 Å². The van der Waals surface area contributed by atoms with Gasteiger partial charge in [-0.3, -0.25) is 0 Å². The van der Waals surface area contributed by atoms with Crippen molar-refractivity contribution in [3.05, 3.63) is 0 Å². The minimum Gasteiger partial charge on any atom is -0.741 e. The molecule has 0 saturated carbocycles. The first-order chi connectivity index (χ1) is 15.9. The lowest BCUT2D eigenvalue weighted by Gasteiger charge is -2.31. The van der Waals surface area contributed by atoms with E-state index in [9.17, 15) is 26.3 Å². The maximum Gasteiger partial charge on any atom is 0.485 e. The molecule has 0 rings (SSSR count). The van der Waals surface area contributed by atoms with Crippen LogP contribution in [0.5, 0.6) is 0 Å². The zero-order valence-corrected chi connectivity index (χ0v) is 23.5. The molecule has 0 aliphatic rings. The van der Waals surface area contributed by atoms with Crippen LogP contribution in [0.1, 0.15) is 27.7 Å². The Hall–Kier alpha value is -0.760. The highest BCUT2D eigenvalue weighted by Gasteiger charge is 2.37. The first-order valence-electron chi connectivity index (χ1n) is 10.6. The zero-order chi connectivity index (χ0) is 30.1. The molecule has 0 saturated heterocycles. The fourth-order valence-corrected chi connectivity index (χ4v) is 1.70. The molecule has 0 bridgehead atoms. The quantitative estimate of drug-likeness (QED) is 0.164.